The third-order valence-corrected chi connectivity index (χ3v) is 5.95. The van der Waals surface area contributed by atoms with Crippen molar-refractivity contribution < 1.29 is 4.79 Å². The second kappa shape index (κ2) is 11.2. The fourth-order valence-electron chi connectivity index (χ4n) is 4.31. The number of carbonyl (C=O) groups is 1. The van der Waals surface area contributed by atoms with Gasteiger partial charge in [-0.15, -0.1) is 0 Å². The number of nitrogens with zero attached hydrogens (tertiary/aromatic N) is 3. The quantitative estimate of drug-likeness (QED) is 0.401. The average molecular weight is 400 g/mol. The molecule has 2 N–H and O–H groups in total. The molecule has 2 saturated heterocycles. The predicted octanol–water partition coefficient (Wildman–Crippen LogP) is 2.61. The lowest BCUT2D eigenvalue weighted by atomic mass is 9.97. The first-order chi connectivity index (χ1) is 14.2. The highest BCUT2D eigenvalue weighted by Gasteiger charge is 2.26. The van der Waals surface area contributed by atoms with Crippen LogP contribution in [-0.2, 0) is 11.3 Å². The van der Waals surface area contributed by atoms with Crippen LogP contribution in [0.15, 0.2) is 35.3 Å². The van der Waals surface area contributed by atoms with Crippen molar-refractivity contribution in [2.75, 3.05) is 32.7 Å². The molecule has 1 aromatic rings. The third kappa shape index (κ3) is 6.74. The van der Waals surface area contributed by atoms with E-state index >= 15 is 0 Å². The van der Waals surface area contributed by atoms with Crippen molar-refractivity contribution in [3.05, 3.63) is 35.9 Å². The van der Waals surface area contributed by atoms with Crippen LogP contribution in [0.4, 0.5) is 0 Å². The maximum atomic E-state index is 11.7. The first-order valence-corrected chi connectivity index (χ1v) is 11.3. The number of likely N-dealkylation sites (tertiary alicyclic amines) is 2. The summed E-state index contributed by atoms with van der Waals surface area (Å²) in [6.07, 6.45) is 4.90. The lowest BCUT2D eigenvalue weighted by Crippen LogP contribution is -2.51. The summed E-state index contributed by atoms with van der Waals surface area (Å²) in [7, 11) is 0. The summed E-state index contributed by atoms with van der Waals surface area (Å²) in [6, 6.07) is 11.7. The van der Waals surface area contributed by atoms with Crippen LogP contribution in [0, 0.1) is 0 Å². The number of aliphatic imine (C=N–C) groups is 1. The maximum absolute atomic E-state index is 11.7. The van der Waals surface area contributed by atoms with Crippen LogP contribution in [-0.4, -0.2) is 66.5 Å². The number of hydrogen-bond acceptors (Lipinski definition) is 3. The van der Waals surface area contributed by atoms with Gasteiger partial charge in [0.15, 0.2) is 5.96 Å². The third-order valence-electron chi connectivity index (χ3n) is 5.95. The van der Waals surface area contributed by atoms with Gasteiger partial charge in [0.05, 0.1) is 0 Å². The van der Waals surface area contributed by atoms with Gasteiger partial charge < -0.3 is 15.5 Å². The van der Waals surface area contributed by atoms with Gasteiger partial charge in [-0.05, 0) is 45.1 Å². The Balaban J connectivity index is 1.43. The lowest BCUT2D eigenvalue weighted by molar-refractivity contribution is -0.127. The number of rotatable bonds is 8. The summed E-state index contributed by atoms with van der Waals surface area (Å²) in [6.45, 7) is 9.92. The summed E-state index contributed by atoms with van der Waals surface area (Å²) < 4.78 is 0. The SMILES string of the molecule is CCNC(=NCCCN1CCCC1=O)NC1CCN(Cc2ccccc2)C(C)C1. The summed E-state index contributed by atoms with van der Waals surface area (Å²) in [4.78, 5) is 21.0. The Morgan fingerprint density at radius 3 is 2.76 bits per heavy atom. The summed E-state index contributed by atoms with van der Waals surface area (Å²) >= 11 is 0. The van der Waals surface area contributed by atoms with Gasteiger partial charge in [0.2, 0.25) is 5.91 Å². The Labute approximate surface area is 175 Å². The highest BCUT2D eigenvalue weighted by Crippen LogP contribution is 2.20. The topological polar surface area (TPSA) is 60.0 Å². The minimum absolute atomic E-state index is 0.301. The minimum Gasteiger partial charge on any atom is -0.357 e. The molecular weight excluding hydrogens is 362 g/mol. The van der Waals surface area contributed by atoms with Gasteiger partial charge in [-0.3, -0.25) is 14.7 Å². The minimum atomic E-state index is 0.301. The fraction of sp³-hybridized carbons (Fsp3) is 0.652. The molecule has 6 heteroatoms. The first-order valence-electron chi connectivity index (χ1n) is 11.3. The van der Waals surface area contributed by atoms with Crippen molar-refractivity contribution in [2.45, 2.75) is 64.6 Å². The lowest BCUT2D eigenvalue weighted by Gasteiger charge is -2.38. The van der Waals surface area contributed by atoms with Crippen LogP contribution in [0.5, 0.6) is 0 Å². The van der Waals surface area contributed by atoms with E-state index in [1.54, 1.807) is 0 Å². The van der Waals surface area contributed by atoms with Crippen molar-refractivity contribution in [3.8, 4) is 0 Å². The molecule has 3 rings (SSSR count). The van der Waals surface area contributed by atoms with Crippen LogP contribution < -0.4 is 10.6 Å². The van der Waals surface area contributed by atoms with Crippen LogP contribution >= 0.6 is 0 Å². The molecule has 2 atom stereocenters. The molecule has 2 unspecified atom stereocenters. The Kier molecular flexibility index (Phi) is 8.35. The van der Waals surface area contributed by atoms with E-state index in [1.165, 1.54) is 5.56 Å². The van der Waals surface area contributed by atoms with Crippen LogP contribution in [0.1, 0.15) is 51.5 Å². The van der Waals surface area contributed by atoms with Crippen LogP contribution in [0.25, 0.3) is 0 Å². The molecule has 0 aliphatic carbocycles. The smallest absolute Gasteiger partial charge is 0.222 e. The van der Waals surface area contributed by atoms with Crippen molar-refractivity contribution in [1.29, 1.82) is 0 Å². The number of guanidine groups is 1. The molecule has 2 aliphatic heterocycles. The molecule has 2 aliphatic rings. The van der Waals surface area contributed by atoms with Gasteiger partial charge in [0.1, 0.15) is 0 Å². The second-order valence-electron chi connectivity index (χ2n) is 8.27. The molecule has 0 bridgehead atoms. The Morgan fingerprint density at radius 1 is 1.24 bits per heavy atom. The van der Waals surface area contributed by atoms with E-state index in [0.29, 0.717) is 24.4 Å². The van der Waals surface area contributed by atoms with Crippen molar-refractivity contribution in [2.24, 2.45) is 4.99 Å². The Morgan fingerprint density at radius 2 is 2.07 bits per heavy atom. The number of amides is 1. The van der Waals surface area contributed by atoms with Crippen molar-refractivity contribution in [3.63, 3.8) is 0 Å². The van der Waals surface area contributed by atoms with Gasteiger partial charge in [0, 0.05) is 57.8 Å². The van der Waals surface area contributed by atoms with E-state index in [-0.39, 0.29) is 0 Å². The summed E-state index contributed by atoms with van der Waals surface area (Å²) in [5, 5.41) is 7.02. The van der Waals surface area contributed by atoms with E-state index in [4.69, 9.17) is 4.99 Å². The molecule has 2 heterocycles. The number of carbonyl (C=O) groups excluding carboxylic acids is 1. The monoisotopic (exact) mass is 399 g/mol. The van der Waals surface area contributed by atoms with Gasteiger partial charge in [-0.1, -0.05) is 30.3 Å². The van der Waals surface area contributed by atoms with Crippen LogP contribution in [0.2, 0.25) is 0 Å². The van der Waals surface area contributed by atoms with E-state index in [2.05, 4.69) is 59.7 Å². The standard InChI is InChI=1S/C23H37N5O/c1-3-24-23(25-13-8-15-27-14-7-11-22(27)29)26-21-12-16-28(19(2)17-21)18-20-9-5-4-6-10-20/h4-6,9-10,19,21H,3,7-8,11-18H2,1-2H3,(H2,24,25,26). The van der Waals surface area contributed by atoms with Gasteiger partial charge in [-0.2, -0.15) is 0 Å². The van der Waals surface area contributed by atoms with Gasteiger partial charge >= 0.3 is 0 Å². The highest BCUT2D eigenvalue weighted by atomic mass is 16.2. The highest BCUT2D eigenvalue weighted by molar-refractivity contribution is 5.80. The first kappa shape index (κ1) is 21.6. The zero-order valence-electron chi connectivity index (χ0n) is 18.1. The van der Waals surface area contributed by atoms with Crippen LogP contribution in [0.3, 0.4) is 0 Å². The molecule has 160 valence electrons. The molecule has 29 heavy (non-hydrogen) atoms. The molecular formula is C23H37N5O. The fourth-order valence-corrected chi connectivity index (χ4v) is 4.31. The molecule has 6 nitrogen and oxygen atoms in total. The molecule has 0 spiro atoms. The Hall–Kier alpha value is -2.08. The normalized spacial score (nSPS) is 23.4. The average Bonchev–Trinajstić information content (AvgIpc) is 3.13. The summed E-state index contributed by atoms with van der Waals surface area (Å²) in [5.41, 5.74) is 1.39. The zero-order valence-corrected chi connectivity index (χ0v) is 18.1. The largest absolute Gasteiger partial charge is 0.357 e. The number of nitrogens with one attached hydrogen (secondary N) is 2. The predicted molar refractivity (Wildman–Crippen MR) is 119 cm³/mol. The number of hydrogen-bond donors (Lipinski definition) is 2. The summed E-state index contributed by atoms with van der Waals surface area (Å²) in [5.74, 6) is 1.21. The molecule has 0 aromatic heterocycles. The number of piperidine rings is 1. The molecule has 2 fully saturated rings. The van der Waals surface area contributed by atoms with E-state index < -0.39 is 0 Å². The van der Waals surface area contributed by atoms with Gasteiger partial charge in [-0.25, -0.2) is 0 Å². The number of benzene rings is 1. The molecule has 0 radical (unpaired) electrons. The van der Waals surface area contributed by atoms with Crippen molar-refractivity contribution in [1.82, 2.24) is 20.4 Å². The van der Waals surface area contributed by atoms with Gasteiger partial charge in [0.25, 0.3) is 0 Å². The Bertz CT molecular complexity index is 662. The van der Waals surface area contributed by atoms with E-state index in [9.17, 15) is 4.79 Å². The maximum Gasteiger partial charge on any atom is 0.222 e. The molecule has 1 aromatic carbocycles. The molecule has 1 amide bonds. The van der Waals surface area contributed by atoms with E-state index in [1.807, 2.05) is 4.90 Å². The van der Waals surface area contributed by atoms with E-state index in [0.717, 1.165) is 70.9 Å². The zero-order chi connectivity index (χ0) is 20.5. The molecule has 0 saturated carbocycles. The van der Waals surface area contributed by atoms with Crippen molar-refractivity contribution >= 4 is 11.9 Å². The second-order valence-corrected chi connectivity index (χ2v) is 8.27.